The van der Waals surface area contributed by atoms with E-state index in [0.717, 1.165) is 12.0 Å². The Balaban J connectivity index is 2.10. The van der Waals surface area contributed by atoms with Gasteiger partial charge in [-0.25, -0.2) is 4.79 Å². The zero-order valence-electron chi connectivity index (χ0n) is 10.5. The molecule has 0 bridgehead atoms. The summed E-state index contributed by atoms with van der Waals surface area (Å²) in [6, 6.07) is 8.20. The molecule has 0 aliphatic carbocycles. The lowest BCUT2D eigenvalue weighted by Gasteiger charge is -2.07. The average molecular weight is 234 g/mol. The number of epoxide rings is 1. The third-order valence-corrected chi connectivity index (χ3v) is 3.24. The van der Waals surface area contributed by atoms with Gasteiger partial charge < -0.3 is 9.47 Å². The number of carbonyl (C=O) groups is 1. The van der Waals surface area contributed by atoms with Gasteiger partial charge in [-0.2, -0.15) is 0 Å². The first-order chi connectivity index (χ1) is 8.11. The zero-order valence-corrected chi connectivity index (χ0v) is 10.5. The molecule has 17 heavy (non-hydrogen) atoms. The summed E-state index contributed by atoms with van der Waals surface area (Å²) in [5, 5.41) is 0. The van der Waals surface area contributed by atoms with Crippen LogP contribution < -0.4 is 0 Å². The number of esters is 1. The van der Waals surface area contributed by atoms with E-state index >= 15 is 0 Å². The van der Waals surface area contributed by atoms with E-state index in [2.05, 4.69) is 19.1 Å². The molecule has 0 amide bonds. The smallest absolute Gasteiger partial charge is 0.338 e. The standard InChI is InChI=1S/C14H18O3/c1-4-10-6-8-11(9-7-10)14(3)12(17-14)13(15)16-5-2/h6-9,12H,4-5H2,1-3H3. The molecule has 2 unspecified atom stereocenters. The number of aryl methyl sites for hydroxylation is 1. The molecule has 2 rings (SSSR count). The predicted molar refractivity (Wildman–Crippen MR) is 64.7 cm³/mol. The van der Waals surface area contributed by atoms with Crippen molar-refractivity contribution >= 4 is 5.97 Å². The van der Waals surface area contributed by atoms with Crippen LogP contribution in [0.4, 0.5) is 0 Å². The average Bonchev–Trinajstić information content (AvgIpc) is 3.04. The van der Waals surface area contributed by atoms with Crippen molar-refractivity contribution in [2.24, 2.45) is 0 Å². The largest absolute Gasteiger partial charge is 0.464 e. The number of ether oxygens (including phenoxy) is 2. The summed E-state index contributed by atoms with van der Waals surface area (Å²) >= 11 is 0. The minimum Gasteiger partial charge on any atom is -0.464 e. The predicted octanol–water partition coefficient (Wildman–Crippen LogP) is 2.43. The van der Waals surface area contributed by atoms with E-state index in [1.54, 1.807) is 6.92 Å². The Kier molecular flexibility index (Phi) is 3.20. The van der Waals surface area contributed by atoms with E-state index in [-0.39, 0.29) is 5.97 Å². The summed E-state index contributed by atoms with van der Waals surface area (Å²) in [6.07, 6.45) is 0.564. The first-order valence-electron chi connectivity index (χ1n) is 6.05. The van der Waals surface area contributed by atoms with Crippen LogP contribution in [0.1, 0.15) is 31.9 Å². The SMILES string of the molecule is CCOC(=O)C1OC1(C)c1ccc(CC)cc1. The Morgan fingerprint density at radius 3 is 2.53 bits per heavy atom. The van der Waals surface area contributed by atoms with Crippen molar-refractivity contribution in [2.75, 3.05) is 6.61 Å². The second kappa shape index (κ2) is 4.49. The topological polar surface area (TPSA) is 38.8 Å². The summed E-state index contributed by atoms with van der Waals surface area (Å²) < 4.78 is 10.5. The Bertz CT molecular complexity index is 410. The van der Waals surface area contributed by atoms with Gasteiger partial charge in [0, 0.05) is 0 Å². The molecule has 2 atom stereocenters. The molecule has 0 spiro atoms. The van der Waals surface area contributed by atoms with E-state index in [9.17, 15) is 4.79 Å². The van der Waals surface area contributed by atoms with Crippen LogP contribution in [0.15, 0.2) is 24.3 Å². The van der Waals surface area contributed by atoms with Gasteiger partial charge in [0.15, 0.2) is 6.10 Å². The number of benzene rings is 1. The van der Waals surface area contributed by atoms with Crippen LogP contribution in [0.3, 0.4) is 0 Å². The molecule has 0 N–H and O–H groups in total. The second-order valence-electron chi connectivity index (χ2n) is 4.41. The molecule has 1 aromatic rings. The van der Waals surface area contributed by atoms with Gasteiger partial charge in [0.2, 0.25) is 0 Å². The van der Waals surface area contributed by atoms with Crippen molar-refractivity contribution in [3.8, 4) is 0 Å². The van der Waals surface area contributed by atoms with Crippen molar-refractivity contribution in [1.29, 1.82) is 0 Å². The number of hydrogen-bond acceptors (Lipinski definition) is 3. The van der Waals surface area contributed by atoms with Gasteiger partial charge in [-0.1, -0.05) is 31.2 Å². The summed E-state index contributed by atoms with van der Waals surface area (Å²) in [5.41, 5.74) is 1.82. The minimum absolute atomic E-state index is 0.269. The molecule has 1 saturated heterocycles. The highest BCUT2D eigenvalue weighted by atomic mass is 16.7. The first kappa shape index (κ1) is 12.1. The molecule has 1 aliphatic rings. The van der Waals surface area contributed by atoms with E-state index in [1.165, 1.54) is 5.56 Å². The zero-order chi connectivity index (χ0) is 12.5. The Morgan fingerprint density at radius 1 is 1.35 bits per heavy atom. The van der Waals surface area contributed by atoms with Crippen LogP contribution in [-0.2, 0) is 26.3 Å². The molecule has 1 aromatic carbocycles. The van der Waals surface area contributed by atoms with Crippen molar-refractivity contribution in [3.63, 3.8) is 0 Å². The summed E-state index contributed by atoms with van der Waals surface area (Å²) in [5.74, 6) is -0.269. The first-order valence-corrected chi connectivity index (χ1v) is 6.05. The third kappa shape index (κ3) is 2.20. The van der Waals surface area contributed by atoms with E-state index < -0.39 is 11.7 Å². The van der Waals surface area contributed by atoms with Crippen molar-refractivity contribution in [3.05, 3.63) is 35.4 Å². The minimum atomic E-state index is -0.501. The molecule has 3 heteroatoms. The third-order valence-electron chi connectivity index (χ3n) is 3.24. The van der Waals surface area contributed by atoms with Crippen LogP contribution in [-0.4, -0.2) is 18.7 Å². The maximum absolute atomic E-state index is 11.6. The van der Waals surface area contributed by atoms with Gasteiger partial charge in [-0.15, -0.1) is 0 Å². The Labute approximate surface area is 102 Å². The maximum atomic E-state index is 11.6. The number of hydrogen-bond donors (Lipinski definition) is 0. The molecule has 1 heterocycles. The summed E-state index contributed by atoms with van der Waals surface area (Å²) in [7, 11) is 0. The monoisotopic (exact) mass is 234 g/mol. The Morgan fingerprint density at radius 2 is 2.00 bits per heavy atom. The molecular weight excluding hydrogens is 216 g/mol. The van der Waals surface area contributed by atoms with Gasteiger partial charge in [-0.05, 0) is 31.4 Å². The van der Waals surface area contributed by atoms with Crippen LogP contribution in [0.5, 0.6) is 0 Å². The fraction of sp³-hybridized carbons (Fsp3) is 0.500. The highest BCUT2D eigenvalue weighted by Gasteiger charge is 2.59. The van der Waals surface area contributed by atoms with Crippen molar-refractivity contribution in [1.82, 2.24) is 0 Å². The normalized spacial score (nSPS) is 26.6. The number of rotatable bonds is 4. The van der Waals surface area contributed by atoms with E-state index in [4.69, 9.17) is 9.47 Å². The lowest BCUT2D eigenvalue weighted by Crippen LogP contribution is -2.18. The lowest BCUT2D eigenvalue weighted by atomic mass is 9.96. The van der Waals surface area contributed by atoms with Crippen LogP contribution in [0, 0.1) is 0 Å². The molecule has 3 nitrogen and oxygen atoms in total. The number of carbonyl (C=O) groups excluding carboxylic acids is 1. The molecule has 92 valence electrons. The van der Waals surface area contributed by atoms with Gasteiger partial charge in [0.1, 0.15) is 5.60 Å². The maximum Gasteiger partial charge on any atom is 0.338 e. The fourth-order valence-corrected chi connectivity index (χ4v) is 1.99. The quantitative estimate of drug-likeness (QED) is 0.593. The van der Waals surface area contributed by atoms with Crippen molar-refractivity contribution in [2.45, 2.75) is 38.9 Å². The van der Waals surface area contributed by atoms with E-state index in [1.807, 2.05) is 19.1 Å². The molecule has 0 aromatic heterocycles. The Hall–Kier alpha value is -1.35. The molecular formula is C14H18O3. The van der Waals surface area contributed by atoms with Gasteiger partial charge >= 0.3 is 5.97 Å². The lowest BCUT2D eigenvalue weighted by molar-refractivity contribution is -0.144. The molecule has 1 fully saturated rings. The van der Waals surface area contributed by atoms with Gasteiger partial charge in [0.25, 0.3) is 0 Å². The highest BCUT2D eigenvalue weighted by molar-refractivity contribution is 5.79. The molecule has 0 saturated carbocycles. The summed E-state index contributed by atoms with van der Waals surface area (Å²) in [4.78, 5) is 11.6. The van der Waals surface area contributed by atoms with Gasteiger partial charge in [-0.3, -0.25) is 0 Å². The van der Waals surface area contributed by atoms with Crippen LogP contribution in [0.25, 0.3) is 0 Å². The molecule has 1 aliphatic heterocycles. The second-order valence-corrected chi connectivity index (χ2v) is 4.41. The summed E-state index contributed by atoms with van der Waals surface area (Å²) in [6.45, 7) is 6.23. The van der Waals surface area contributed by atoms with Gasteiger partial charge in [0.05, 0.1) is 6.61 Å². The fourth-order valence-electron chi connectivity index (χ4n) is 1.99. The van der Waals surface area contributed by atoms with E-state index in [0.29, 0.717) is 6.61 Å². The van der Waals surface area contributed by atoms with Crippen LogP contribution >= 0.6 is 0 Å². The highest BCUT2D eigenvalue weighted by Crippen LogP contribution is 2.46. The van der Waals surface area contributed by atoms with Crippen molar-refractivity contribution < 1.29 is 14.3 Å². The van der Waals surface area contributed by atoms with Crippen LogP contribution in [0.2, 0.25) is 0 Å². The molecule has 0 radical (unpaired) electrons.